The van der Waals surface area contributed by atoms with Gasteiger partial charge < -0.3 is 10.2 Å². The number of sulfonamides is 1. The Kier molecular flexibility index (Phi) is 11.0. The lowest BCUT2D eigenvalue weighted by Crippen LogP contribution is -2.50. The quantitative estimate of drug-likeness (QED) is 0.380. The Morgan fingerprint density at radius 1 is 1.00 bits per heavy atom. The molecule has 2 aromatic carbocycles. The molecule has 38 heavy (non-hydrogen) atoms. The van der Waals surface area contributed by atoms with Crippen LogP contribution in [-0.4, -0.2) is 50.0 Å². The number of amides is 2. The first-order chi connectivity index (χ1) is 18.1. The number of hydrogen-bond donors (Lipinski definition) is 1. The summed E-state index contributed by atoms with van der Waals surface area (Å²) in [5.74, 6) is -0.353. The van der Waals surface area contributed by atoms with Gasteiger partial charge in [-0.15, -0.1) is 0 Å². The van der Waals surface area contributed by atoms with Crippen LogP contribution < -0.4 is 9.62 Å². The Morgan fingerprint density at radius 2 is 1.61 bits per heavy atom. The van der Waals surface area contributed by atoms with Crippen molar-refractivity contribution in [2.45, 2.75) is 83.8 Å². The van der Waals surface area contributed by atoms with Crippen molar-refractivity contribution in [2.75, 3.05) is 17.1 Å². The van der Waals surface area contributed by atoms with Crippen LogP contribution in [0.1, 0.15) is 69.9 Å². The zero-order valence-electron chi connectivity index (χ0n) is 22.7. The van der Waals surface area contributed by atoms with Crippen LogP contribution in [0.2, 0.25) is 5.02 Å². The highest BCUT2D eigenvalue weighted by Gasteiger charge is 2.28. The minimum absolute atomic E-state index is 0.119. The SMILES string of the molecule is CCc1ccc(N(CCCC(=O)N(Cc2ccc(Cl)cc2)[C@H](C)C(=O)NC2CCCCC2)S(C)(=O)=O)cc1. The Labute approximate surface area is 232 Å². The number of benzene rings is 2. The summed E-state index contributed by atoms with van der Waals surface area (Å²) in [5, 5.41) is 3.73. The van der Waals surface area contributed by atoms with Gasteiger partial charge in [-0.25, -0.2) is 8.42 Å². The molecule has 0 bridgehead atoms. The number of anilines is 1. The highest BCUT2D eigenvalue weighted by molar-refractivity contribution is 7.92. The monoisotopic (exact) mass is 561 g/mol. The highest BCUT2D eigenvalue weighted by atomic mass is 35.5. The fraction of sp³-hybridized carbons (Fsp3) is 0.517. The van der Waals surface area contributed by atoms with Gasteiger partial charge in [0, 0.05) is 30.6 Å². The van der Waals surface area contributed by atoms with E-state index in [-0.39, 0.29) is 37.4 Å². The zero-order chi connectivity index (χ0) is 27.7. The summed E-state index contributed by atoms with van der Waals surface area (Å²) in [6.45, 7) is 4.24. The number of nitrogens with zero attached hydrogens (tertiary/aromatic N) is 2. The van der Waals surface area contributed by atoms with E-state index in [1.54, 1.807) is 36.1 Å². The molecule has 0 radical (unpaired) electrons. The van der Waals surface area contributed by atoms with Crippen molar-refractivity contribution in [3.8, 4) is 0 Å². The fourth-order valence-corrected chi connectivity index (χ4v) is 5.93. The Bertz CT molecular complexity index is 1160. The summed E-state index contributed by atoms with van der Waals surface area (Å²) in [6.07, 6.45) is 7.81. The summed E-state index contributed by atoms with van der Waals surface area (Å²) in [5.41, 5.74) is 2.57. The standard InChI is InChI=1S/C29H40ClN3O4S/c1-4-23-14-18-27(19-15-23)33(38(3,36)37)20-8-11-28(34)32(21-24-12-16-25(30)17-13-24)22(2)29(35)31-26-9-6-5-7-10-26/h12-19,22,26H,4-11,20-21H2,1-3H3,(H,31,35)/t22-/m1/s1. The lowest BCUT2D eigenvalue weighted by molar-refractivity contribution is -0.141. The van der Waals surface area contributed by atoms with E-state index in [1.165, 1.54) is 17.0 Å². The number of nitrogens with one attached hydrogen (secondary N) is 1. The van der Waals surface area contributed by atoms with Gasteiger partial charge in [0.25, 0.3) is 0 Å². The van der Waals surface area contributed by atoms with E-state index in [4.69, 9.17) is 11.6 Å². The fourth-order valence-electron chi connectivity index (χ4n) is 4.84. The van der Waals surface area contributed by atoms with E-state index in [1.807, 2.05) is 31.2 Å². The van der Waals surface area contributed by atoms with Gasteiger partial charge in [-0.3, -0.25) is 13.9 Å². The minimum Gasteiger partial charge on any atom is -0.352 e. The van der Waals surface area contributed by atoms with Gasteiger partial charge in [0.2, 0.25) is 21.8 Å². The largest absolute Gasteiger partial charge is 0.352 e. The molecule has 1 N–H and O–H groups in total. The molecule has 0 spiro atoms. The molecule has 1 aliphatic rings. The Hall–Kier alpha value is -2.58. The van der Waals surface area contributed by atoms with Crippen LogP contribution in [0.3, 0.4) is 0 Å². The zero-order valence-corrected chi connectivity index (χ0v) is 24.2. The normalized spacial score (nSPS) is 15.1. The van der Waals surface area contributed by atoms with E-state index in [0.717, 1.165) is 43.2 Å². The second kappa shape index (κ2) is 14.0. The summed E-state index contributed by atoms with van der Waals surface area (Å²) in [7, 11) is -3.52. The van der Waals surface area contributed by atoms with Crippen molar-refractivity contribution in [1.29, 1.82) is 0 Å². The van der Waals surface area contributed by atoms with Gasteiger partial charge in [-0.1, -0.05) is 62.1 Å². The lowest BCUT2D eigenvalue weighted by Gasteiger charge is -2.31. The van der Waals surface area contributed by atoms with Crippen LogP contribution in [0.5, 0.6) is 0 Å². The van der Waals surface area contributed by atoms with Crippen molar-refractivity contribution < 1.29 is 18.0 Å². The predicted octanol–water partition coefficient (Wildman–Crippen LogP) is 5.31. The molecule has 7 nitrogen and oxygen atoms in total. The number of hydrogen-bond acceptors (Lipinski definition) is 4. The summed E-state index contributed by atoms with van der Waals surface area (Å²) in [6, 6.07) is 14.1. The molecule has 2 aromatic rings. The molecule has 2 amide bonds. The molecule has 0 aliphatic heterocycles. The van der Waals surface area contributed by atoms with Gasteiger partial charge in [-0.05, 0) is 68.0 Å². The average Bonchev–Trinajstić information content (AvgIpc) is 2.90. The van der Waals surface area contributed by atoms with Crippen LogP contribution in [0.25, 0.3) is 0 Å². The molecule has 1 fully saturated rings. The molecule has 0 saturated heterocycles. The molecule has 3 rings (SSSR count). The van der Waals surface area contributed by atoms with Crippen molar-refractivity contribution in [3.63, 3.8) is 0 Å². The lowest BCUT2D eigenvalue weighted by atomic mass is 9.95. The third-order valence-electron chi connectivity index (χ3n) is 7.17. The first-order valence-electron chi connectivity index (χ1n) is 13.5. The Morgan fingerprint density at radius 3 is 2.18 bits per heavy atom. The number of halogens is 1. The van der Waals surface area contributed by atoms with Gasteiger partial charge in [0.1, 0.15) is 6.04 Å². The highest BCUT2D eigenvalue weighted by Crippen LogP contribution is 2.21. The number of carbonyl (C=O) groups excluding carboxylic acids is 2. The average molecular weight is 562 g/mol. The van der Waals surface area contributed by atoms with Crippen LogP contribution in [-0.2, 0) is 32.6 Å². The molecule has 0 aromatic heterocycles. The third-order valence-corrected chi connectivity index (χ3v) is 8.62. The molecule has 0 heterocycles. The number of carbonyl (C=O) groups is 2. The Balaban J connectivity index is 1.70. The summed E-state index contributed by atoms with van der Waals surface area (Å²) >= 11 is 6.04. The molecular formula is C29H40ClN3O4S. The van der Waals surface area contributed by atoms with E-state index < -0.39 is 16.1 Å². The molecule has 1 saturated carbocycles. The molecule has 0 unspecified atom stereocenters. The first kappa shape index (κ1) is 30.0. The van der Waals surface area contributed by atoms with Crippen molar-refractivity contribution in [2.24, 2.45) is 0 Å². The maximum Gasteiger partial charge on any atom is 0.242 e. The van der Waals surface area contributed by atoms with Crippen LogP contribution in [0.15, 0.2) is 48.5 Å². The van der Waals surface area contributed by atoms with Crippen molar-refractivity contribution in [3.05, 3.63) is 64.7 Å². The predicted molar refractivity (Wildman–Crippen MR) is 154 cm³/mol. The molecule has 1 aliphatic carbocycles. The second-order valence-corrected chi connectivity index (χ2v) is 12.5. The topological polar surface area (TPSA) is 86.8 Å². The van der Waals surface area contributed by atoms with E-state index in [2.05, 4.69) is 5.32 Å². The van der Waals surface area contributed by atoms with Gasteiger partial charge in [0.05, 0.1) is 11.9 Å². The maximum atomic E-state index is 13.5. The molecule has 9 heteroatoms. The number of aryl methyl sites for hydroxylation is 1. The second-order valence-electron chi connectivity index (χ2n) is 10.1. The molecule has 208 valence electrons. The van der Waals surface area contributed by atoms with Gasteiger partial charge >= 0.3 is 0 Å². The van der Waals surface area contributed by atoms with Crippen molar-refractivity contribution >= 4 is 39.1 Å². The number of rotatable bonds is 12. The van der Waals surface area contributed by atoms with Crippen LogP contribution in [0, 0.1) is 0 Å². The molecular weight excluding hydrogens is 522 g/mol. The van der Waals surface area contributed by atoms with E-state index >= 15 is 0 Å². The van der Waals surface area contributed by atoms with Crippen LogP contribution in [0.4, 0.5) is 5.69 Å². The van der Waals surface area contributed by atoms with Gasteiger partial charge in [-0.2, -0.15) is 0 Å². The van der Waals surface area contributed by atoms with Crippen LogP contribution >= 0.6 is 11.6 Å². The van der Waals surface area contributed by atoms with E-state index in [0.29, 0.717) is 17.1 Å². The first-order valence-corrected chi connectivity index (χ1v) is 15.7. The smallest absolute Gasteiger partial charge is 0.242 e. The third kappa shape index (κ3) is 8.73. The summed E-state index contributed by atoms with van der Waals surface area (Å²) < 4.78 is 26.4. The summed E-state index contributed by atoms with van der Waals surface area (Å²) in [4.78, 5) is 28.2. The maximum absolute atomic E-state index is 13.5. The minimum atomic E-state index is -3.52. The van der Waals surface area contributed by atoms with Crippen molar-refractivity contribution in [1.82, 2.24) is 10.2 Å². The molecule has 1 atom stereocenters. The van der Waals surface area contributed by atoms with E-state index in [9.17, 15) is 18.0 Å². The van der Waals surface area contributed by atoms with Gasteiger partial charge in [0.15, 0.2) is 0 Å².